The third kappa shape index (κ3) is 2.69. The molecule has 0 fully saturated rings. The maximum Gasteiger partial charge on any atom is 0.139 e. The summed E-state index contributed by atoms with van der Waals surface area (Å²) in [5.74, 6) is 0.828. The summed E-state index contributed by atoms with van der Waals surface area (Å²) in [4.78, 5) is 4.50. The Hall–Kier alpha value is -3.07. The predicted octanol–water partition coefficient (Wildman–Crippen LogP) is 5.03. The van der Waals surface area contributed by atoms with Crippen molar-refractivity contribution in [1.29, 1.82) is 0 Å². The number of furan rings is 1. The summed E-state index contributed by atoms with van der Waals surface area (Å²) < 4.78 is 5.47. The summed E-state index contributed by atoms with van der Waals surface area (Å²) in [5.41, 5.74) is 3.23. The molecule has 0 saturated carbocycles. The van der Waals surface area contributed by atoms with Gasteiger partial charge in [0.05, 0.1) is 17.7 Å². The molecule has 2 heterocycles. The summed E-state index contributed by atoms with van der Waals surface area (Å²) in [6, 6.07) is 24.6. The molecule has 3 heteroatoms. The van der Waals surface area contributed by atoms with Crippen LogP contribution in [0.4, 0.5) is 5.82 Å². The number of benzene rings is 2. The van der Waals surface area contributed by atoms with Crippen LogP contribution in [-0.4, -0.2) is 4.98 Å². The molecule has 1 N–H and O–H groups in total. The van der Waals surface area contributed by atoms with E-state index in [1.54, 1.807) is 12.5 Å². The highest BCUT2D eigenvalue weighted by atomic mass is 16.3. The van der Waals surface area contributed by atoms with Crippen LogP contribution in [0.3, 0.4) is 0 Å². The van der Waals surface area contributed by atoms with E-state index in [9.17, 15) is 0 Å². The lowest BCUT2D eigenvalue weighted by Crippen LogP contribution is -2.13. The minimum Gasteiger partial charge on any atom is -0.464 e. The lowest BCUT2D eigenvalue weighted by atomic mass is 9.98. The summed E-state index contributed by atoms with van der Waals surface area (Å²) in [7, 11) is 0. The fourth-order valence-electron chi connectivity index (χ4n) is 2.80. The zero-order valence-corrected chi connectivity index (χ0v) is 12.5. The molecule has 0 radical (unpaired) electrons. The van der Waals surface area contributed by atoms with Gasteiger partial charge in [-0.25, -0.2) is 4.98 Å². The first-order valence-corrected chi connectivity index (χ1v) is 7.60. The summed E-state index contributed by atoms with van der Waals surface area (Å²) in [6.45, 7) is 0. The smallest absolute Gasteiger partial charge is 0.139 e. The molecule has 2 aromatic carbocycles. The van der Waals surface area contributed by atoms with Gasteiger partial charge in [-0.05, 0) is 23.3 Å². The summed E-state index contributed by atoms with van der Waals surface area (Å²) in [6.07, 6.45) is 3.46. The molecule has 0 amide bonds. The van der Waals surface area contributed by atoms with Crippen molar-refractivity contribution in [2.45, 2.75) is 6.04 Å². The second-order valence-corrected chi connectivity index (χ2v) is 5.39. The van der Waals surface area contributed by atoms with E-state index in [1.165, 1.54) is 11.1 Å². The van der Waals surface area contributed by atoms with Gasteiger partial charge in [0.25, 0.3) is 0 Å². The van der Waals surface area contributed by atoms with Crippen molar-refractivity contribution in [3.63, 3.8) is 0 Å². The lowest BCUT2D eigenvalue weighted by Gasteiger charge is -2.20. The van der Waals surface area contributed by atoms with E-state index in [1.807, 2.05) is 24.3 Å². The Bertz CT molecular complexity index is 861. The number of anilines is 1. The van der Waals surface area contributed by atoms with E-state index >= 15 is 0 Å². The first-order chi connectivity index (χ1) is 11.4. The highest BCUT2D eigenvalue weighted by molar-refractivity contribution is 5.88. The molecule has 112 valence electrons. The van der Waals surface area contributed by atoms with E-state index in [-0.39, 0.29) is 6.04 Å². The molecule has 23 heavy (non-hydrogen) atoms. The van der Waals surface area contributed by atoms with Crippen LogP contribution in [0.15, 0.2) is 89.7 Å². The first-order valence-electron chi connectivity index (χ1n) is 7.60. The largest absolute Gasteiger partial charge is 0.464 e. The van der Waals surface area contributed by atoms with Crippen LogP contribution in [0.2, 0.25) is 0 Å². The van der Waals surface area contributed by atoms with Gasteiger partial charge < -0.3 is 9.73 Å². The molecule has 4 aromatic rings. The second kappa shape index (κ2) is 5.97. The fraction of sp³-hybridized carbons (Fsp3) is 0.0500. The Morgan fingerprint density at radius 1 is 0.783 bits per heavy atom. The molecule has 0 saturated heterocycles. The average Bonchev–Trinajstić information content (AvgIpc) is 3.11. The zero-order valence-electron chi connectivity index (χ0n) is 12.5. The molecule has 0 aliphatic rings. The number of pyridine rings is 1. The van der Waals surface area contributed by atoms with Crippen molar-refractivity contribution in [3.05, 3.63) is 96.4 Å². The van der Waals surface area contributed by atoms with Gasteiger partial charge in [-0.1, -0.05) is 60.7 Å². The van der Waals surface area contributed by atoms with Crippen LogP contribution < -0.4 is 5.32 Å². The summed E-state index contributed by atoms with van der Waals surface area (Å²) in [5, 5.41) is 4.56. The van der Waals surface area contributed by atoms with E-state index in [2.05, 4.69) is 58.8 Å². The molecule has 0 aliphatic carbocycles. The van der Waals surface area contributed by atoms with Crippen molar-refractivity contribution < 1.29 is 4.42 Å². The van der Waals surface area contributed by atoms with Crippen LogP contribution in [0.1, 0.15) is 17.2 Å². The number of fused-ring (bicyclic) bond motifs is 1. The maximum atomic E-state index is 5.47. The van der Waals surface area contributed by atoms with Crippen LogP contribution >= 0.6 is 0 Å². The van der Waals surface area contributed by atoms with E-state index in [4.69, 9.17) is 4.42 Å². The number of hydrogen-bond acceptors (Lipinski definition) is 3. The Morgan fingerprint density at radius 3 is 2.09 bits per heavy atom. The van der Waals surface area contributed by atoms with Gasteiger partial charge in [0.1, 0.15) is 11.4 Å². The predicted molar refractivity (Wildman–Crippen MR) is 92.4 cm³/mol. The van der Waals surface area contributed by atoms with Crippen molar-refractivity contribution >= 4 is 16.8 Å². The molecule has 2 aromatic heterocycles. The lowest BCUT2D eigenvalue weighted by molar-refractivity contribution is 0.615. The molecule has 0 bridgehead atoms. The first kappa shape index (κ1) is 13.6. The second-order valence-electron chi connectivity index (χ2n) is 5.39. The molecular weight excluding hydrogens is 284 g/mol. The quantitative estimate of drug-likeness (QED) is 0.574. The van der Waals surface area contributed by atoms with Gasteiger partial charge >= 0.3 is 0 Å². The summed E-state index contributed by atoms with van der Waals surface area (Å²) >= 11 is 0. The SMILES string of the molecule is c1ccc(C(Nc2nccc3occc23)c2ccccc2)cc1. The molecule has 0 aliphatic heterocycles. The molecular formula is C20H16N2O. The van der Waals surface area contributed by atoms with Crippen LogP contribution in [-0.2, 0) is 0 Å². The zero-order chi connectivity index (χ0) is 15.5. The van der Waals surface area contributed by atoms with E-state index in [0.29, 0.717) is 0 Å². The Morgan fingerprint density at radius 2 is 1.43 bits per heavy atom. The maximum absolute atomic E-state index is 5.47. The van der Waals surface area contributed by atoms with Crippen molar-refractivity contribution in [2.75, 3.05) is 5.32 Å². The highest BCUT2D eigenvalue weighted by Gasteiger charge is 2.16. The molecule has 0 atom stereocenters. The standard InChI is InChI=1S/C20H16N2O/c1-3-7-15(8-4-1)19(16-9-5-2-6-10-16)22-20-17-12-14-23-18(17)11-13-21-20/h1-14,19H,(H,21,22). The topological polar surface area (TPSA) is 38.1 Å². The van der Waals surface area contributed by atoms with Crippen LogP contribution in [0.25, 0.3) is 11.0 Å². The van der Waals surface area contributed by atoms with Crippen molar-refractivity contribution in [3.8, 4) is 0 Å². The number of hydrogen-bond donors (Lipinski definition) is 1. The van der Waals surface area contributed by atoms with Gasteiger partial charge in [-0.3, -0.25) is 0 Å². The number of nitrogens with zero attached hydrogens (tertiary/aromatic N) is 1. The molecule has 0 spiro atoms. The van der Waals surface area contributed by atoms with Crippen LogP contribution in [0, 0.1) is 0 Å². The van der Waals surface area contributed by atoms with Gasteiger partial charge in [0.2, 0.25) is 0 Å². The Kier molecular flexibility index (Phi) is 3.53. The van der Waals surface area contributed by atoms with Gasteiger partial charge in [0.15, 0.2) is 0 Å². The molecule has 0 unspecified atom stereocenters. The van der Waals surface area contributed by atoms with E-state index in [0.717, 1.165) is 16.8 Å². The minimum absolute atomic E-state index is 0.0328. The van der Waals surface area contributed by atoms with Gasteiger partial charge in [0, 0.05) is 6.20 Å². The third-order valence-corrected chi connectivity index (χ3v) is 3.93. The number of nitrogens with one attached hydrogen (secondary N) is 1. The van der Waals surface area contributed by atoms with E-state index < -0.39 is 0 Å². The van der Waals surface area contributed by atoms with Crippen molar-refractivity contribution in [2.24, 2.45) is 0 Å². The normalized spacial score (nSPS) is 11.0. The minimum atomic E-state index is 0.0328. The van der Waals surface area contributed by atoms with Crippen LogP contribution in [0.5, 0.6) is 0 Å². The number of rotatable bonds is 4. The molecule has 3 nitrogen and oxygen atoms in total. The average molecular weight is 300 g/mol. The Balaban J connectivity index is 1.79. The van der Waals surface area contributed by atoms with Gasteiger partial charge in [-0.15, -0.1) is 0 Å². The monoisotopic (exact) mass is 300 g/mol. The highest BCUT2D eigenvalue weighted by Crippen LogP contribution is 2.29. The molecule has 4 rings (SSSR count). The van der Waals surface area contributed by atoms with Gasteiger partial charge in [-0.2, -0.15) is 0 Å². The fourth-order valence-corrected chi connectivity index (χ4v) is 2.80. The van der Waals surface area contributed by atoms with Crippen molar-refractivity contribution in [1.82, 2.24) is 4.98 Å². The third-order valence-electron chi connectivity index (χ3n) is 3.93. The number of aromatic nitrogens is 1. The Labute approximate surface area is 134 Å².